The third-order valence-electron chi connectivity index (χ3n) is 4.34. The number of hydrogen-bond acceptors (Lipinski definition) is 3. The predicted octanol–water partition coefficient (Wildman–Crippen LogP) is 4.50. The maximum atomic E-state index is 12.8. The van der Waals surface area contributed by atoms with Gasteiger partial charge in [0.25, 0.3) is 5.91 Å². The summed E-state index contributed by atoms with van der Waals surface area (Å²) in [5, 5.41) is 3.95. The Morgan fingerprint density at radius 2 is 2.04 bits per heavy atom. The third kappa shape index (κ3) is 5.07. The number of unbranched alkanes of at least 4 members (excludes halogenated alkanes) is 1. The molecule has 1 aliphatic carbocycles. The first kappa shape index (κ1) is 22.2. The van der Waals surface area contributed by atoms with E-state index in [4.69, 9.17) is 10.7 Å². The zero-order valence-electron chi connectivity index (χ0n) is 14.2. The Morgan fingerprint density at radius 3 is 2.68 bits per heavy atom. The van der Waals surface area contributed by atoms with E-state index < -0.39 is 0 Å². The largest absolute Gasteiger partial charge is 0.352 e. The van der Waals surface area contributed by atoms with Crippen molar-refractivity contribution in [2.24, 2.45) is 5.73 Å². The number of pyridine rings is 1. The molecule has 3 N–H and O–H groups in total. The first-order chi connectivity index (χ1) is 11.1. The molecule has 0 radical (unpaired) electrons. The molecule has 1 fully saturated rings. The molecule has 0 atom stereocenters. The molecule has 25 heavy (non-hydrogen) atoms. The highest BCUT2D eigenvalue weighted by molar-refractivity contribution is 9.10. The predicted molar refractivity (Wildman–Crippen MR) is 111 cm³/mol. The maximum Gasteiger partial charge on any atom is 0.252 e. The number of rotatable bonds is 6. The number of hydrogen-bond donors (Lipinski definition) is 2. The van der Waals surface area contributed by atoms with Crippen LogP contribution < -0.4 is 11.1 Å². The standard InChI is InChI=1S/C18H22BrN3O.2ClH/c1-11-16(18(23)21-9-3-2-8-20)14-10-13(19)6-7-15(14)22-17(11)12-4-5-12;;/h6-7,10,12H,2-5,8-9,20H2,1H3,(H,21,23);2*1H. The highest BCUT2D eigenvalue weighted by Crippen LogP contribution is 2.42. The minimum Gasteiger partial charge on any atom is -0.352 e. The van der Waals surface area contributed by atoms with Gasteiger partial charge in [-0.2, -0.15) is 0 Å². The van der Waals surface area contributed by atoms with Crippen molar-refractivity contribution in [1.82, 2.24) is 10.3 Å². The van der Waals surface area contributed by atoms with Gasteiger partial charge in [-0.05, 0) is 62.9 Å². The molecule has 1 saturated carbocycles. The lowest BCUT2D eigenvalue weighted by Gasteiger charge is -2.14. The van der Waals surface area contributed by atoms with Gasteiger partial charge in [-0.15, -0.1) is 24.8 Å². The molecule has 138 valence electrons. The molecular weight excluding hydrogens is 425 g/mol. The van der Waals surface area contributed by atoms with E-state index >= 15 is 0 Å². The minimum atomic E-state index is -0.00748. The van der Waals surface area contributed by atoms with Crippen molar-refractivity contribution in [2.45, 2.75) is 38.5 Å². The van der Waals surface area contributed by atoms with Crippen LogP contribution in [0.4, 0.5) is 0 Å². The lowest BCUT2D eigenvalue weighted by molar-refractivity contribution is 0.0954. The van der Waals surface area contributed by atoms with Crippen molar-refractivity contribution in [3.8, 4) is 0 Å². The monoisotopic (exact) mass is 447 g/mol. The number of carbonyl (C=O) groups excluding carboxylic acids is 1. The summed E-state index contributed by atoms with van der Waals surface area (Å²) >= 11 is 3.50. The number of nitrogens with zero attached hydrogens (tertiary/aromatic N) is 1. The summed E-state index contributed by atoms with van der Waals surface area (Å²) < 4.78 is 0.961. The Balaban J connectivity index is 0.00000156. The minimum absolute atomic E-state index is 0. The van der Waals surface area contributed by atoms with Gasteiger partial charge in [0, 0.05) is 28.0 Å². The summed E-state index contributed by atoms with van der Waals surface area (Å²) in [6, 6.07) is 5.95. The number of fused-ring (bicyclic) bond motifs is 1. The summed E-state index contributed by atoms with van der Waals surface area (Å²) in [5.41, 5.74) is 9.28. The van der Waals surface area contributed by atoms with Crippen LogP contribution in [0, 0.1) is 6.92 Å². The smallest absolute Gasteiger partial charge is 0.252 e. The SMILES string of the molecule is Cc1c(C2CC2)nc2ccc(Br)cc2c1C(=O)NCCCCN.Cl.Cl. The van der Waals surface area contributed by atoms with Crippen molar-refractivity contribution >= 4 is 57.6 Å². The van der Waals surface area contributed by atoms with Crippen molar-refractivity contribution in [3.63, 3.8) is 0 Å². The number of aromatic nitrogens is 1. The molecule has 2 aromatic rings. The van der Waals surface area contributed by atoms with E-state index in [9.17, 15) is 4.79 Å². The first-order valence-electron chi connectivity index (χ1n) is 8.20. The zero-order chi connectivity index (χ0) is 16.4. The van der Waals surface area contributed by atoms with Crippen molar-refractivity contribution in [2.75, 3.05) is 13.1 Å². The molecule has 1 heterocycles. The average Bonchev–Trinajstić information content (AvgIpc) is 3.35. The van der Waals surface area contributed by atoms with Crippen molar-refractivity contribution < 1.29 is 4.79 Å². The highest BCUT2D eigenvalue weighted by Gasteiger charge is 2.29. The van der Waals surface area contributed by atoms with Crippen LogP contribution in [0.2, 0.25) is 0 Å². The Kier molecular flexibility index (Phi) is 8.61. The Bertz CT molecular complexity index is 751. The van der Waals surface area contributed by atoms with E-state index in [0.717, 1.165) is 45.0 Å². The van der Waals surface area contributed by atoms with Crippen LogP contribution in [-0.4, -0.2) is 24.0 Å². The van der Waals surface area contributed by atoms with Gasteiger partial charge < -0.3 is 11.1 Å². The van der Waals surface area contributed by atoms with E-state index in [-0.39, 0.29) is 30.7 Å². The molecular formula is C18H24BrCl2N3O. The van der Waals surface area contributed by atoms with Crippen LogP contribution in [0.15, 0.2) is 22.7 Å². The molecule has 4 nitrogen and oxygen atoms in total. The number of benzene rings is 1. The third-order valence-corrected chi connectivity index (χ3v) is 4.83. The van der Waals surface area contributed by atoms with Gasteiger partial charge in [-0.3, -0.25) is 9.78 Å². The van der Waals surface area contributed by atoms with Crippen molar-refractivity contribution in [3.05, 3.63) is 39.5 Å². The average molecular weight is 449 g/mol. The fourth-order valence-corrected chi connectivity index (χ4v) is 3.32. The van der Waals surface area contributed by atoms with E-state index in [1.807, 2.05) is 25.1 Å². The normalized spacial score (nSPS) is 13.1. The van der Waals surface area contributed by atoms with Crippen LogP contribution >= 0.6 is 40.7 Å². The summed E-state index contributed by atoms with van der Waals surface area (Å²) in [4.78, 5) is 17.6. The first-order valence-corrected chi connectivity index (χ1v) is 8.99. The maximum absolute atomic E-state index is 12.8. The van der Waals surface area contributed by atoms with Gasteiger partial charge in [0.05, 0.1) is 11.1 Å². The number of nitrogens with one attached hydrogen (secondary N) is 1. The quantitative estimate of drug-likeness (QED) is 0.639. The van der Waals surface area contributed by atoms with Crippen LogP contribution in [0.1, 0.15) is 53.2 Å². The van der Waals surface area contributed by atoms with Crippen LogP contribution in [0.25, 0.3) is 10.9 Å². The summed E-state index contributed by atoms with van der Waals surface area (Å²) in [6.45, 7) is 3.34. The van der Waals surface area contributed by atoms with E-state index in [1.165, 1.54) is 12.8 Å². The molecule has 0 saturated heterocycles. The number of carbonyl (C=O) groups is 1. The summed E-state index contributed by atoms with van der Waals surface area (Å²) in [6.07, 6.45) is 4.18. The number of nitrogens with two attached hydrogens (primary N) is 1. The molecule has 1 aromatic carbocycles. The molecule has 0 unspecified atom stereocenters. The summed E-state index contributed by atoms with van der Waals surface area (Å²) in [5.74, 6) is 0.513. The van der Waals surface area contributed by atoms with Crippen molar-refractivity contribution in [1.29, 1.82) is 0 Å². The molecule has 1 amide bonds. The molecule has 0 aliphatic heterocycles. The molecule has 0 spiro atoms. The lowest BCUT2D eigenvalue weighted by atomic mass is 9.98. The Hall–Kier alpha value is -0.880. The van der Waals surface area contributed by atoms with Crippen LogP contribution in [0.3, 0.4) is 0 Å². The van der Waals surface area contributed by atoms with Gasteiger partial charge >= 0.3 is 0 Å². The zero-order valence-corrected chi connectivity index (χ0v) is 17.4. The Labute approximate surface area is 169 Å². The lowest BCUT2D eigenvalue weighted by Crippen LogP contribution is -2.26. The van der Waals surface area contributed by atoms with Gasteiger partial charge in [-0.25, -0.2) is 0 Å². The van der Waals surface area contributed by atoms with E-state index in [1.54, 1.807) is 0 Å². The molecule has 1 aliphatic rings. The fourth-order valence-electron chi connectivity index (χ4n) is 2.96. The Morgan fingerprint density at radius 1 is 1.32 bits per heavy atom. The van der Waals surface area contributed by atoms with Gasteiger partial charge in [-0.1, -0.05) is 15.9 Å². The highest BCUT2D eigenvalue weighted by atomic mass is 79.9. The second-order valence-corrected chi connectivity index (χ2v) is 7.10. The number of amides is 1. The topological polar surface area (TPSA) is 68.0 Å². The second kappa shape index (κ2) is 9.72. The fraction of sp³-hybridized carbons (Fsp3) is 0.444. The van der Waals surface area contributed by atoms with E-state index in [2.05, 4.69) is 21.2 Å². The second-order valence-electron chi connectivity index (χ2n) is 6.18. The molecule has 1 aromatic heterocycles. The van der Waals surface area contributed by atoms with E-state index in [0.29, 0.717) is 19.0 Å². The molecule has 3 rings (SSSR count). The van der Waals surface area contributed by atoms with Gasteiger partial charge in [0.15, 0.2) is 0 Å². The summed E-state index contributed by atoms with van der Waals surface area (Å²) in [7, 11) is 0. The molecule has 0 bridgehead atoms. The van der Waals surface area contributed by atoms with Gasteiger partial charge in [0.2, 0.25) is 0 Å². The number of halogens is 3. The van der Waals surface area contributed by atoms with Gasteiger partial charge in [0.1, 0.15) is 0 Å². The van der Waals surface area contributed by atoms with Crippen LogP contribution in [0.5, 0.6) is 0 Å². The molecule has 7 heteroatoms. The van der Waals surface area contributed by atoms with Crippen LogP contribution in [-0.2, 0) is 0 Å².